The molecule has 4 rings (SSSR count). The van der Waals surface area contributed by atoms with E-state index in [1.807, 2.05) is 25.1 Å². The number of hydrogen-bond acceptors (Lipinski definition) is 5. The Morgan fingerprint density at radius 3 is 2.61 bits per heavy atom. The third-order valence-electron chi connectivity index (χ3n) is 4.90. The van der Waals surface area contributed by atoms with Gasteiger partial charge in [0.05, 0.1) is 6.33 Å². The summed E-state index contributed by atoms with van der Waals surface area (Å²) in [4.78, 5) is 44.9. The van der Waals surface area contributed by atoms with Crippen LogP contribution in [-0.2, 0) is 11.3 Å². The summed E-state index contributed by atoms with van der Waals surface area (Å²) in [7, 11) is 0. The molecule has 3 aromatic rings. The van der Waals surface area contributed by atoms with Gasteiger partial charge in [0.1, 0.15) is 17.6 Å². The molecule has 0 radical (unpaired) electrons. The minimum Gasteiger partial charge on any atom is -0.448 e. The van der Waals surface area contributed by atoms with Crippen molar-refractivity contribution in [1.29, 1.82) is 0 Å². The van der Waals surface area contributed by atoms with E-state index in [0.717, 1.165) is 5.39 Å². The van der Waals surface area contributed by atoms with Crippen molar-refractivity contribution in [2.75, 3.05) is 32.7 Å². The number of nitrogens with one attached hydrogen (secondary N) is 1. The number of amides is 3. The molecule has 146 valence electrons. The lowest BCUT2D eigenvalue weighted by Crippen LogP contribution is -2.53. The lowest BCUT2D eigenvalue weighted by Gasteiger charge is -2.34. The zero-order valence-electron chi connectivity index (χ0n) is 15.6. The van der Waals surface area contributed by atoms with Crippen LogP contribution in [0.2, 0.25) is 0 Å². The summed E-state index contributed by atoms with van der Waals surface area (Å²) >= 11 is 0. The van der Waals surface area contributed by atoms with Gasteiger partial charge in [0, 0.05) is 38.1 Å². The van der Waals surface area contributed by atoms with Crippen LogP contribution < -0.4 is 10.9 Å². The molecule has 3 amide bonds. The maximum Gasteiger partial charge on any atom is 0.317 e. The minimum atomic E-state index is -0.379. The summed E-state index contributed by atoms with van der Waals surface area (Å²) in [6.45, 7) is 4.12. The van der Waals surface area contributed by atoms with E-state index in [2.05, 4.69) is 10.3 Å². The highest BCUT2D eigenvalue weighted by Crippen LogP contribution is 2.24. The molecule has 9 nitrogen and oxygen atoms in total. The van der Waals surface area contributed by atoms with E-state index >= 15 is 0 Å². The first-order chi connectivity index (χ1) is 13.6. The van der Waals surface area contributed by atoms with Crippen molar-refractivity contribution < 1.29 is 14.0 Å². The van der Waals surface area contributed by atoms with Crippen LogP contribution in [0.1, 0.15) is 6.92 Å². The van der Waals surface area contributed by atoms with Crippen molar-refractivity contribution >= 4 is 34.0 Å². The highest BCUT2D eigenvalue weighted by molar-refractivity contribution is 6.01. The van der Waals surface area contributed by atoms with Gasteiger partial charge in [0.15, 0.2) is 0 Å². The summed E-state index contributed by atoms with van der Waals surface area (Å²) in [5, 5.41) is 3.53. The fraction of sp³-hybridized carbons (Fsp3) is 0.368. The highest BCUT2D eigenvalue weighted by atomic mass is 16.3. The van der Waals surface area contributed by atoms with E-state index in [4.69, 9.17) is 4.42 Å². The maximum atomic E-state index is 12.7. The zero-order valence-corrected chi connectivity index (χ0v) is 15.6. The molecule has 28 heavy (non-hydrogen) atoms. The van der Waals surface area contributed by atoms with E-state index < -0.39 is 0 Å². The number of benzene rings is 1. The molecule has 9 heteroatoms. The number of nitrogens with zero attached hydrogens (tertiary/aromatic N) is 4. The van der Waals surface area contributed by atoms with E-state index in [-0.39, 0.29) is 29.6 Å². The number of aromatic nitrogens is 2. The Bertz CT molecular complexity index is 1090. The molecular formula is C19H21N5O4. The molecule has 1 aliphatic rings. The fourth-order valence-corrected chi connectivity index (χ4v) is 3.40. The molecule has 0 aliphatic carbocycles. The standard InChI is InChI=1S/C19H21N5O4/c1-2-20-19(27)23-9-7-22(8-10-23)15(25)11-24-12-21-16-13-5-3-4-6-14(13)28-17(16)18(24)26/h3-6,12H,2,7-11H2,1H3,(H,20,27). The second-order valence-electron chi connectivity index (χ2n) is 6.66. The Hall–Kier alpha value is -3.36. The van der Waals surface area contributed by atoms with Crippen LogP contribution >= 0.6 is 0 Å². The summed E-state index contributed by atoms with van der Waals surface area (Å²) in [5.74, 6) is -0.185. The number of rotatable bonds is 3. The molecule has 1 aromatic carbocycles. The zero-order chi connectivity index (χ0) is 19.7. The van der Waals surface area contributed by atoms with Gasteiger partial charge in [0.2, 0.25) is 11.5 Å². The van der Waals surface area contributed by atoms with E-state index in [0.29, 0.717) is 43.8 Å². The highest BCUT2D eigenvalue weighted by Gasteiger charge is 2.24. The summed E-state index contributed by atoms with van der Waals surface area (Å²) in [5.41, 5.74) is 0.862. The lowest BCUT2D eigenvalue weighted by molar-refractivity contribution is -0.133. The van der Waals surface area contributed by atoms with Crippen LogP contribution in [0.15, 0.2) is 39.8 Å². The molecule has 3 heterocycles. The molecule has 1 aliphatic heterocycles. The summed E-state index contributed by atoms with van der Waals surface area (Å²) in [6.07, 6.45) is 1.38. The molecular weight excluding hydrogens is 362 g/mol. The fourth-order valence-electron chi connectivity index (χ4n) is 3.40. The Morgan fingerprint density at radius 2 is 1.86 bits per heavy atom. The number of urea groups is 1. The van der Waals surface area contributed by atoms with E-state index in [1.54, 1.807) is 15.9 Å². The summed E-state index contributed by atoms with van der Waals surface area (Å²) in [6, 6.07) is 7.18. The van der Waals surface area contributed by atoms with Gasteiger partial charge in [-0.2, -0.15) is 0 Å². The van der Waals surface area contributed by atoms with Crippen molar-refractivity contribution in [3.05, 3.63) is 40.9 Å². The van der Waals surface area contributed by atoms with Crippen molar-refractivity contribution in [2.24, 2.45) is 0 Å². The molecule has 0 unspecified atom stereocenters. The normalized spacial score (nSPS) is 14.6. The van der Waals surface area contributed by atoms with Gasteiger partial charge < -0.3 is 19.5 Å². The van der Waals surface area contributed by atoms with Crippen LogP contribution in [0.4, 0.5) is 4.79 Å². The number of hydrogen-bond donors (Lipinski definition) is 1. The van der Waals surface area contributed by atoms with Gasteiger partial charge in [-0.1, -0.05) is 12.1 Å². The average Bonchev–Trinajstić information content (AvgIpc) is 3.10. The number of piperazine rings is 1. The largest absolute Gasteiger partial charge is 0.448 e. The average molecular weight is 383 g/mol. The smallest absolute Gasteiger partial charge is 0.317 e. The molecule has 2 aromatic heterocycles. The van der Waals surface area contributed by atoms with Gasteiger partial charge in [-0.05, 0) is 19.1 Å². The molecule has 1 N–H and O–H groups in total. The predicted molar refractivity (Wildman–Crippen MR) is 103 cm³/mol. The number of para-hydroxylation sites is 1. The first-order valence-corrected chi connectivity index (χ1v) is 9.25. The van der Waals surface area contributed by atoms with Crippen molar-refractivity contribution in [3.63, 3.8) is 0 Å². The van der Waals surface area contributed by atoms with Crippen molar-refractivity contribution in [3.8, 4) is 0 Å². The topological polar surface area (TPSA) is 101 Å². The van der Waals surface area contributed by atoms with Crippen molar-refractivity contribution in [1.82, 2.24) is 24.7 Å². The van der Waals surface area contributed by atoms with E-state index in [9.17, 15) is 14.4 Å². The Kier molecular flexibility index (Phi) is 4.72. The lowest BCUT2D eigenvalue weighted by atomic mass is 10.2. The third-order valence-corrected chi connectivity index (χ3v) is 4.90. The van der Waals surface area contributed by atoms with Crippen LogP contribution in [0, 0.1) is 0 Å². The monoisotopic (exact) mass is 383 g/mol. The third kappa shape index (κ3) is 3.19. The Balaban J connectivity index is 1.49. The predicted octanol–water partition coefficient (Wildman–Crippen LogP) is 1.02. The van der Waals surface area contributed by atoms with Crippen LogP contribution in [0.25, 0.3) is 22.1 Å². The van der Waals surface area contributed by atoms with Crippen LogP contribution in [-0.4, -0.2) is 64.0 Å². The number of furan rings is 1. The van der Waals surface area contributed by atoms with Gasteiger partial charge in [0.25, 0.3) is 5.56 Å². The molecule has 1 saturated heterocycles. The molecule has 0 atom stereocenters. The number of fused-ring (bicyclic) bond motifs is 3. The summed E-state index contributed by atoms with van der Waals surface area (Å²) < 4.78 is 6.91. The van der Waals surface area contributed by atoms with Gasteiger partial charge in [-0.3, -0.25) is 14.2 Å². The van der Waals surface area contributed by atoms with Gasteiger partial charge in [-0.25, -0.2) is 9.78 Å². The first-order valence-electron chi connectivity index (χ1n) is 9.25. The maximum absolute atomic E-state index is 12.7. The van der Waals surface area contributed by atoms with Gasteiger partial charge >= 0.3 is 6.03 Å². The Morgan fingerprint density at radius 1 is 1.14 bits per heavy atom. The quantitative estimate of drug-likeness (QED) is 0.728. The second-order valence-corrected chi connectivity index (χ2v) is 6.66. The molecule has 0 bridgehead atoms. The SMILES string of the molecule is CCNC(=O)N1CCN(C(=O)Cn2cnc3c(oc4ccccc43)c2=O)CC1. The molecule has 1 fully saturated rings. The van der Waals surface area contributed by atoms with Crippen molar-refractivity contribution in [2.45, 2.75) is 13.5 Å². The number of carbonyl (C=O) groups excluding carboxylic acids is 2. The Labute approximate surface area is 160 Å². The molecule has 0 saturated carbocycles. The van der Waals surface area contributed by atoms with Crippen LogP contribution in [0.5, 0.6) is 0 Å². The minimum absolute atomic E-state index is 0.111. The van der Waals surface area contributed by atoms with Crippen LogP contribution in [0.3, 0.4) is 0 Å². The second kappa shape index (κ2) is 7.34. The molecule has 0 spiro atoms. The number of carbonyl (C=O) groups is 2. The first kappa shape index (κ1) is 18.0. The van der Waals surface area contributed by atoms with Gasteiger partial charge in [-0.15, -0.1) is 0 Å². The van der Waals surface area contributed by atoms with E-state index in [1.165, 1.54) is 10.9 Å².